The number of aromatic nitrogens is 2. The molecule has 2 aliphatic rings. The topological polar surface area (TPSA) is 135 Å². The van der Waals surface area contributed by atoms with E-state index < -0.39 is 18.5 Å². The number of allylic oxidation sites excluding steroid dienone is 1. The summed E-state index contributed by atoms with van der Waals surface area (Å²) in [4.78, 5) is 30.7. The standard InChI is InChI=1S/C26H33F3N8O2S/c1-17(30)14-21(31)33-22-15-23(37-8-6-19(7-9-37)36-10-12-39-13-11-36)35-25(34-22)40-20-4-2-18(3-5-20)32-24(38)16-26(27,28)29/h2-5,14-15,19H,6-13,16,30H2,1H3,(H,32,38)(H2,31,33,34,35)/b17-14-. The van der Waals surface area contributed by atoms with Gasteiger partial charge in [-0.25, -0.2) is 15.0 Å². The van der Waals surface area contributed by atoms with Crippen LogP contribution in [0.4, 0.5) is 30.5 Å². The summed E-state index contributed by atoms with van der Waals surface area (Å²) in [6.07, 6.45) is -2.55. The van der Waals surface area contributed by atoms with Gasteiger partial charge in [0.05, 0.1) is 13.2 Å². The maximum atomic E-state index is 12.4. The lowest BCUT2D eigenvalue weighted by atomic mass is 10.0. The number of anilines is 2. The Bertz CT molecular complexity index is 1220. The van der Waals surface area contributed by atoms with Crippen molar-refractivity contribution in [2.24, 2.45) is 16.5 Å². The zero-order chi connectivity index (χ0) is 28.7. The summed E-state index contributed by atoms with van der Waals surface area (Å²) in [6, 6.07) is 8.72. The monoisotopic (exact) mass is 578 g/mol. The lowest BCUT2D eigenvalue weighted by molar-refractivity contribution is -0.150. The molecule has 4 rings (SSSR count). The number of carbonyl (C=O) groups is 1. The highest BCUT2D eigenvalue weighted by Crippen LogP contribution is 2.31. The number of alkyl halides is 3. The molecule has 2 saturated heterocycles. The molecule has 14 heteroatoms. The number of hydrogen-bond acceptors (Lipinski definition) is 9. The van der Waals surface area contributed by atoms with Crippen molar-refractivity contribution in [1.29, 1.82) is 0 Å². The van der Waals surface area contributed by atoms with E-state index in [0.29, 0.717) is 22.7 Å². The molecule has 2 fully saturated rings. The fourth-order valence-electron chi connectivity index (χ4n) is 4.57. The van der Waals surface area contributed by atoms with Crippen LogP contribution in [-0.4, -0.2) is 78.2 Å². The molecule has 0 aliphatic carbocycles. The van der Waals surface area contributed by atoms with Crippen molar-refractivity contribution in [2.45, 2.75) is 48.5 Å². The number of halogens is 3. The molecule has 0 spiro atoms. The van der Waals surface area contributed by atoms with Crippen LogP contribution in [0.3, 0.4) is 0 Å². The Balaban J connectivity index is 1.49. The average molecular weight is 579 g/mol. The molecular formula is C26H33F3N8O2S. The maximum absolute atomic E-state index is 12.4. The number of hydrogen-bond donors (Lipinski definition) is 3. The summed E-state index contributed by atoms with van der Waals surface area (Å²) in [6.45, 7) is 6.82. The number of nitrogens with two attached hydrogens (primary N) is 2. The van der Waals surface area contributed by atoms with Crippen LogP contribution in [0.2, 0.25) is 0 Å². The van der Waals surface area contributed by atoms with Gasteiger partial charge in [-0.2, -0.15) is 13.2 Å². The van der Waals surface area contributed by atoms with E-state index >= 15 is 0 Å². The van der Waals surface area contributed by atoms with Gasteiger partial charge in [0.2, 0.25) is 5.91 Å². The minimum atomic E-state index is -4.57. The van der Waals surface area contributed by atoms with Gasteiger partial charge in [0.25, 0.3) is 0 Å². The molecule has 216 valence electrons. The Labute approximate surface area is 235 Å². The van der Waals surface area contributed by atoms with Gasteiger partial charge in [0, 0.05) is 54.6 Å². The second kappa shape index (κ2) is 13.3. The fourth-order valence-corrected chi connectivity index (χ4v) is 5.33. The van der Waals surface area contributed by atoms with Gasteiger partial charge in [-0.3, -0.25) is 9.69 Å². The molecule has 1 aromatic carbocycles. The highest BCUT2D eigenvalue weighted by Gasteiger charge is 2.31. The summed E-state index contributed by atoms with van der Waals surface area (Å²) in [5, 5.41) is 2.68. The minimum Gasteiger partial charge on any atom is -0.402 e. The van der Waals surface area contributed by atoms with Crippen molar-refractivity contribution in [2.75, 3.05) is 49.6 Å². The predicted molar refractivity (Wildman–Crippen MR) is 149 cm³/mol. The molecule has 0 radical (unpaired) electrons. The Morgan fingerprint density at radius 3 is 2.45 bits per heavy atom. The van der Waals surface area contributed by atoms with E-state index in [4.69, 9.17) is 21.2 Å². The Morgan fingerprint density at radius 2 is 1.82 bits per heavy atom. The van der Waals surface area contributed by atoms with Crippen molar-refractivity contribution in [3.63, 3.8) is 0 Å². The Kier molecular flexibility index (Phi) is 9.87. The van der Waals surface area contributed by atoms with Gasteiger partial charge in [0.15, 0.2) is 11.0 Å². The number of nitrogens with zero attached hydrogens (tertiary/aromatic N) is 5. The van der Waals surface area contributed by atoms with Gasteiger partial charge in [-0.1, -0.05) is 0 Å². The molecule has 0 unspecified atom stereocenters. The summed E-state index contributed by atoms with van der Waals surface area (Å²) in [7, 11) is 0. The number of benzene rings is 1. The number of carbonyl (C=O) groups excluding carboxylic acids is 1. The normalized spacial score (nSPS) is 18.1. The van der Waals surface area contributed by atoms with Crippen LogP contribution in [0, 0.1) is 0 Å². The molecule has 2 aromatic rings. The lowest BCUT2D eigenvalue weighted by Gasteiger charge is -2.40. The molecule has 1 aromatic heterocycles. The van der Waals surface area contributed by atoms with Crippen LogP contribution in [-0.2, 0) is 9.53 Å². The number of amides is 1. The summed E-state index contributed by atoms with van der Waals surface area (Å²) >= 11 is 1.27. The van der Waals surface area contributed by atoms with E-state index in [-0.39, 0.29) is 11.5 Å². The third kappa shape index (κ3) is 9.10. The quantitative estimate of drug-likeness (QED) is 0.244. The predicted octanol–water partition coefficient (Wildman–Crippen LogP) is 3.67. The van der Waals surface area contributed by atoms with E-state index in [2.05, 4.69) is 25.1 Å². The van der Waals surface area contributed by atoms with Crippen LogP contribution < -0.4 is 21.7 Å². The van der Waals surface area contributed by atoms with Gasteiger partial charge < -0.3 is 26.4 Å². The van der Waals surface area contributed by atoms with Crippen molar-refractivity contribution >= 4 is 40.8 Å². The highest BCUT2D eigenvalue weighted by molar-refractivity contribution is 7.99. The maximum Gasteiger partial charge on any atom is 0.397 e. The smallest absolute Gasteiger partial charge is 0.397 e. The van der Waals surface area contributed by atoms with Crippen LogP contribution in [0.1, 0.15) is 26.2 Å². The van der Waals surface area contributed by atoms with Crippen molar-refractivity contribution in [3.05, 3.63) is 42.1 Å². The largest absolute Gasteiger partial charge is 0.402 e. The van der Waals surface area contributed by atoms with Crippen LogP contribution in [0.5, 0.6) is 0 Å². The first-order valence-corrected chi connectivity index (χ1v) is 13.7. The highest BCUT2D eigenvalue weighted by atomic mass is 32.2. The number of morpholine rings is 1. The molecule has 5 N–H and O–H groups in total. The molecule has 0 saturated carbocycles. The molecular weight excluding hydrogens is 545 g/mol. The summed E-state index contributed by atoms with van der Waals surface area (Å²) in [5.41, 5.74) is 12.5. The summed E-state index contributed by atoms with van der Waals surface area (Å²) in [5.74, 6) is 0.205. The molecule has 3 heterocycles. The fraction of sp³-hybridized carbons (Fsp3) is 0.462. The van der Waals surface area contributed by atoms with Gasteiger partial charge in [-0.05, 0) is 61.9 Å². The molecule has 40 heavy (non-hydrogen) atoms. The first-order valence-electron chi connectivity index (χ1n) is 12.9. The Hall–Kier alpha value is -3.36. The first kappa shape index (κ1) is 29.6. The number of amidine groups is 1. The van der Waals surface area contributed by atoms with Crippen LogP contribution >= 0.6 is 11.8 Å². The zero-order valence-corrected chi connectivity index (χ0v) is 23.0. The molecule has 10 nitrogen and oxygen atoms in total. The zero-order valence-electron chi connectivity index (χ0n) is 22.2. The number of nitrogens with one attached hydrogen (secondary N) is 1. The van der Waals surface area contributed by atoms with E-state index in [1.165, 1.54) is 23.9 Å². The first-order chi connectivity index (χ1) is 19.0. The molecule has 2 aliphatic heterocycles. The molecule has 0 bridgehead atoms. The second-order valence-electron chi connectivity index (χ2n) is 9.63. The summed E-state index contributed by atoms with van der Waals surface area (Å²) < 4.78 is 42.8. The minimum absolute atomic E-state index is 0.213. The van der Waals surface area contributed by atoms with Gasteiger partial charge in [0.1, 0.15) is 18.1 Å². The van der Waals surface area contributed by atoms with Crippen molar-refractivity contribution in [3.8, 4) is 0 Å². The van der Waals surface area contributed by atoms with Crippen molar-refractivity contribution < 1.29 is 22.7 Å². The van der Waals surface area contributed by atoms with Crippen LogP contribution in [0.15, 0.2) is 57.1 Å². The van der Waals surface area contributed by atoms with Crippen LogP contribution in [0.25, 0.3) is 0 Å². The van der Waals surface area contributed by atoms with E-state index in [1.807, 2.05) is 0 Å². The van der Waals surface area contributed by atoms with E-state index in [1.54, 1.807) is 31.2 Å². The number of rotatable bonds is 8. The number of piperidine rings is 1. The van der Waals surface area contributed by atoms with E-state index in [9.17, 15) is 18.0 Å². The third-order valence-corrected chi connectivity index (χ3v) is 7.23. The molecule has 1 amide bonds. The third-order valence-electron chi connectivity index (χ3n) is 6.36. The second-order valence-corrected chi connectivity index (χ2v) is 10.7. The number of ether oxygens (including phenoxy) is 1. The van der Waals surface area contributed by atoms with Gasteiger partial charge >= 0.3 is 6.18 Å². The average Bonchev–Trinajstić information content (AvgIpc) is 2.89. The number of aliphatic imine (C=N–C) groups is 1. The molecule has 0 atom stereocenters. The Morgan fingerprint density at radius 1 is 1.15 bits per heavy atom. The SMILES string of the molecule is C/C(N)=C/C(N)=N/c1cc(N2CCC(N3CCOCC3)CC2)nc(Sc2ccc(NC(=O)CC(F)(F)F)cc2)n1. The van der Waals surface area contributed by atoms with E-state index in [0.717, 1.165) is 62.9 Å². The van der Waals surface area contributed by atoms with Gasteiger partial charge in [-0.15, -0.1) is 0 Å². The van der Waals surface area contributed by atoms with Crippen molar-refractivity contribution in [1.82, 2.24) is 14.9 Å². The lowest BCUT2D eigenvalue weighted by Crippen LogP contribution is -2.49.